The molecular weight excluding hydrogens is 288 g/mol. The summed E-state index contributed by atoms with van der Waals surface area (Å²) in [5.74, 6) is 0.00870. The van der Waals surface area contributed by atoms with E-state index in [1.54, 1.807) is 30.3 Å². The van der Waals surface area contributed by atoms with Crippen LogP contribution in [-0.2, 0) is 9.53 Å². The Kier molecular flexibility index (Phi) is 4.34. The minimum Gasteiger partial charge on any atom is -0.465 e. The van der Waals surface area contributed by atoms with Crippen molar-refractivity contribution in [1.29, 1.82) is 5.26 Å². The quantitative estimate of drug-likeness (QED) is 0.282. The largest absolute Gasteiger partial charge is 0.465 e. The van der Waals surface area contributed by atoms with Crippen molar-refractivity contribution in [3.8, 4) is 17.4 Å². The fraction of sp³-hybridized carbons (Fsp3) is 0.0667. The molecule has 0 fully saturated rings. The highest BCUT2D eigenvalue weighted by Gasteiger charge is 2.11. The second kappa shape index (κ2) is 6.37. The number of benzene rings is 1. The Morgan fingerprint density at radius 3 is 2.55 bits per heavy atom. The van der Waals surface area contributed by atoms with Crippen LogP contribution in [0.25, 0.3) is 17.4 Å². The molecule has 0 aliphatic carbocycles. The lowest BCUT2D eigenvalue weighted by molar-refractivity contribution is -0.384. The van der Waals surface area contributed by atoms with Crippen LogP contribution in [0.5, 0.6) is 0 Å². The van der Waals surface area contributed by atoms with Crippen molar-refractivity contribution in [1.82, 2.24) is 0 Å². The average molecular weight is 298 g/mol. The number of nitrogens with zero attached hydrogens (tertiary/aromatic N) is 2. The van der Waals surface area contributed by atoms with Crippen molar-refractivity contribution in [2.24, 2.45) is 0 Å². The van der Waals surface area contributed by atoms with E-state index >= 15 is 0 Å². The molecular formula is C15H10N2O5. The van der Waals surface area contributed by atoms with E-state index in [0.29, 0.717) is 17.1 Å². The molecule has 0 aliphatic rings. The molecule has 0 saturated heterocycles. The van der Waals surface area contributed by atoms with Gasteiger partial charge < -0.3 is 9.15 Å². The van der Waals surface area contributed by atoms with Crippen LogP contribution in [0.3, 0.4) is 0 Å². The third-order valence-electron chi connectivity index (χ3n) is 2.80. The summed E-state index contributed by atoms with van der Waals surface area (Å²) in [4.78, 5) is 21.4. The molecule has 1 heterocycles. The Hall–Kier alpha value is -3.40. The maximum Gasteiger partial charge on any atom is 0.348 e. The predicted octanol–water partition coefficient (Wildman–Crippen LogP) is 2.93. The summed E-state index contributed by atoms with van der Waals surface area (Å²) in [6.45, 7) is 0. The lowest BCUT2D eigenvalue weighted by Crippen LogP contribution is -2.02. The van der Waals surface area contributed by atoms with E-state index in [4.69, 9.17) is 9.68 Å². The second-order valence-corrected chi connectivity index (χ2v) is 4.17. The van der Waals surface area contributed by atoms with E-state index in [0.717, 1.165) is 0 Å². The number of nitro benzene ring substituents is 1. The Morgan fingerprint density at radius 1 is 1.32 bits per heavy atom. The molecule has 0 saturated carbocycles. The van der Waals surface area contributed by atoms with Crippen LogP contribution < -0.4 is 0 Å². The highest BCUT2D eigenvalue weighted by Crippen LogP contribution is 2.25. The Morgan fingerprint density at radius 2 is 2.00 bits per heavy atom. The van der Waals surface area contributed by atoms with Crippen molar-refractivity contribution in [3.63, 3.8) is 0 Å². The van der Waals surface area contributed by atoms with Crippen LogP contribution in [0, 0.1) is 21.4 Å². The molecule has 7 heteroatoms. The Balaban J connectivity index is 2.28. The van der Waals surface area contributed by atoms with Crippen LogP contribution in [0.4, 0.5) is 5.69 Å². The fourth-order valence-corrected chi connectivity index (χ4v) is 1.72. The molecule has 0 N–H and O–H groups in total. The number of hydrogen-bond donors (Lipinski definition) is 0. The van der Waals surface area contributed by atoms with Gasteiger partial charge in [0.05, 0.1) is 12.0 Å². The zero-order valence-corrected chi connectivity index (χ0v) is 11.5. The van der Waals surface area contributed by atoms with Crippen molar-refractivity contribution >= 4 is 17.7 Å². The number of nitro groups is 1. The average Bonchev–Trinajstić information content (AvgIpc) is 3.00. The first-order chi connectivity index (χ1) is 10.5. The molecule has 2 rings (SSSR count). The molecule has 22 heavy (non-hydrogen) atoms. The van der Waals surface area contributed by atoms with Crippen LogP contribution >= 0.6 is 0 Å². The number of esters is 1. The summed E-state index contributed by atoms with van der Waals surface area (Å²) >= 11 is 0. The number of non-ortho nitro benzene ring substituents is 1. The third-order valence-corrected chi connectivity index (χ3v) is 2.80. The summed E-state index contributed by atoms with van der Waals surface area (Å²) in [5, 5.41) is 19.5. The number of nitriles is 1. The Bertz CT molecular complexity index is 781. The fourth-order valence-electron chi connectivity index (χ4n) is 1.72. The van der Waals surface area contributed by atoms with E-state index in [2.05, 4.69) is 4.74 Å². The first-order valence-corrected chi connectivity index (χ1v) is 6.10. The van der Waals surface area contributed by atoms with Crippen molar-refractivity contribution in [2.75, 3.05) is 7.11 Å². The zero-order chi connectivity index (χ0) is 16.1. The first kappa shape index (κ1) is 15.0. The summed E-state index contributed by atoms with van der Waals surface area (Å²) in [7, 11) is 1.18. The number of rotatable bonds is 4. The summed E-state index contributed by atoms with van der Waals surface area (Å²) in [6, 6.07) is 10.8. The molecule has 0 aliphatic heterocycles. The lowest BCUT2D eigenvalue weighted by atomic mass is 10.1. The molecule has 0 amide bonds. The molecule has 2 aromatic rings. The smallest absolute Gasteiger partial charge is 0.348 e. The first-order valence-electron chi connectivity index (χ1n) is 6.10. The number of methoxy groups -OCH3 is 1. The van der Waals surface area contributed by atoms with Gasteiger partial charge in [-0.3, -0.25) is 10.1 Å². The maximum absolute atomic E-state index is 11.3. The van der Waals surface area contributed by atoms with Gasteiger partial charge in [0.2, 0.25) is 0 Å². The van der Waals surface area contributed by atoms with Gasteiger partial charge in [-0.2, -0.15) is 5.26 Å². The number of carbonyl (C=O) groups excluding carboxylic acids is 1. The molecule has 0 radical (unpaired) electrons. The van der Waals surface area contributed by atoms with E-state index in [1.807, 2.05) is 0 Å². The van der Waals surface area contributed by atoms with Crippen molar-refractivity contribution in [3.05, 3.63) is 57.8 Å². The van der Waals surface area contributed by atoms with Crippen LogP contribution in [0.1, 0.15) is 5.76 Å². The highest BCUT2D eigenvalue weighted by molar-refractivity contribution is 5.97. The molecule has 110 valence electrons. The van der Waals surface area contributed by atoms with Gasteiger partial charge >= 0.3 is 5.97 Å². The molecule has 7 nitrogen and oxygen atoms in total. The van der Waals surface area contributed by atoms with Crippen LogP contribution in [0.15, 0.2) is 46.4 Å². The molecule has 1 aromatic heterocycles. The van der Waals surface area contributed by atoms with Gasteiger partial charge in [0.25, 0.3) is 5.69 Å². The van der Waals surface area contributed by atoms with Gasteiger partial charge in [-0.15, -0.1) is 0 Å². The lowest BCUT2D eigenvalue weighted by Gasteiger charge is -1.97. The van der Waals surface area contributed by atoms with E-state index in [1.165, 1.54) is 25.3 Å². The normalized spacial score (nSPS) is 10.8. The van der Waals surface area contributed by atoms with Gasteiger partial charge in [-0.05, 0) is 24.3 Å². The summed E-state index contributed by atoms with van der Waals surface area (Å²) in [6.07, 6.45) is 1.26. The zero-order valence-electron chi connectivity index (χ0n) is 11.5. The number of carbonyl (C=O) groups is 1. The van der Waals surface area contributed by atoms with Gasteiger partial charge in [0.15, 0.2) is 0 Å². The topological polar surface area (TPSA) is 106 Å². The molecule has 1 aromatic carbocycles. The predicted molar refractivity (Wildman–Crippen MR) is 76.4 cm³/mol. The molecule has 0 spiro atoms. The van der Waals surface area contributed by atoms with Gasteiger partial charge in [-0.1, -0.05) is 0 Å². The number of furan rings is 1. The third kappa shape index (κ3) is 3.19. The van der Waals surface area contributed by atoms with E-state index in [9.17, 15) is 14.9 Å². The van der Waals surface area contributed by atoms with Gasteiger partial charge in [0.1, 0.15) is 23.2 Å². The van der Waals surface area contributed by atoms with Crippen molar-refractivity contribution < 1.29 is 18.9 Å². The minimum absolute atomic E-state index is 0.0205. The van der Waals surface area contributed by atoms with E-state index in [-0.39, 0.29) is 11.3 Å². The van der Waals surface area contributed by atoms with Gasteiger partial charge in [-0.25, -0.2) is 4.79 Å². The monoisotopic (exact) mass is 298 g/mol. The molecule has 0 unspecified atom stereocenters. The summed E-state index contributed by atoms with van der Waals surface area (Å²) < 4.78 is 9.96. The van der Waals surface area contributed by atoms with Crippen LogP contribution in [-0.4, -0.2) is 18.0 Å². The second-order valence-electron chi connectivity index (χ2n) is 4.17. The Labute approximate surface area is 125 Å². The van der Waals surface area contributed by atoms with Crippen molar-refractivity contribution in [2.45, 2.75) is 0 Å². The SMILES string of the molecule is COC(=O)/C(C#N)=C/c1ccc(-c2ccc([N+](=O)[O-])cc2)o1. The maximum atomic E-state index is 11.3. The highest BCUT2D eigenvalue weighted by atomic mass is 16.6. The van der Waals surface area contributed by atoms with Gasteiger partial charge in [0, 0.05) is 23.8 Å². The standard InChI is InChI=1S/C15H10N2O5/c1-21-15(18)11(9-16)8-13-6-7-14(22-13)10-2-4-12(5-3-10)17(19)20/h2-8H,1H3/b11-8+. The van der Waals surface area contributed by atoms with E-state index < -0.39 is 10.9 Å². The number of hydrogen-bond acceptors (Lipinski definition) is 6. The molecule has 0 bridgehead atoms. The minimum atomic E-state index is -0.754. The van der Waals surface area contributed by atoms with Crippen LogP contribution in [0.2, 0.25) is 0 Å². The summed E-state index contributed by atoms with van der Waals surface area (Å²) in [5.41, 5.74) is 0.432. The molecule has 0 atom stereocenters. The number of ether oxygens (including phenoxy) is 1.